The monoisotopic (exact) mass is 741 g/mol. The lowest BCUT2D eigenvalue weighted by molar-refractivity contribution is 0.628. The standard InChI is InChI=1S/C56H36FN/c57-40-28-32-42(33-29-40)58(41-30-26-38(27-31-41)37-14-3-1-4-15-37)43-34-35-46-44-18-7-10-22-49(44)56(53(46)36-43)51-24-12-11-23-50(51)55(39-16-5-2-6-17-39)48-21-9-8-19-45(48)47-20-13-25-52(56)54(47)55/h1-36H. The highest BCUT2D eigenvalue weighted by molar-refractivity contribution is 5.96. The Morgan fingerprint density at radius 1 is 0.310 bits per heavy atom. The van der Waals surface area contributed by atoms with Gasteiger partial charge in [-0.2, -0.15) is 0 Å². The molecule has 0 heterocycles. The summed E-state index contributed by atoms with van der Waals surface area (Å²) in [5.41, 5.74) is 19.6. The summed E-state index contributed by atoms with van der Waals surface area (Å²) >= 11 is 0. The molecule has 0 amide bonds. The van der Waals surface area contributed by atoms with Gasteiger partial charge in [-0.15, -0.1) is 0 Å². The van der Waals surface area contributed by atoms with Crippen molar-refractivity contribution in [1.82, 2.24) is 0 Å². The summed E-state index contributed by atoms with van der Waals surface area (Å²) in [7, 11) is 0. The number of halogens is 1. The Balaban J connectivity index is 1.16. The second kappa shape index (κ2) is 12.4. The van der Waals surface area contributed by atoms with E-state index in [4.69, 9.17) is 0 Å². The van der Waals surface area contributed by atoms with Gasteiger partial charge in [0.25, 0.3) is 0 Å². The van der Waals surface area contributed by atoms with Crippen LogP contribution in [-0.4, -0.2) is 0 Å². The molecule has 1 spiro atoms. The van der Waals surface area contributed by atoms with Crippen LogP contribution in [0.2, 0.25) is 0 Å². The predicted octanol–water partition coefficient (Wildman–Crippen LogP) is 14.0. The lowest BCUT2D eigenvalue weighted by Gasteiger charge is -2.48. The van der Waals surface area contributed by atoms with Gasteiger partial charge in [0, 0.05) is 17.1 Å². The zero-order valence-electron chi connectivity index (χ0n) is 31.6. The second-order valence-electron chi connectivity index (χ2n) is 15.7. The summed E-state index contributed by atoms with van der Waals surface area (Å²) in [6.07, 6.45) is 0. The molecule has 3 aliphatic rings. The minimum absolute atomic E-state index is 0.258. The highest BCUT2D eigenvalue weighted by Gasteiger charge is 2.59. The first kappa shape index (κ1) is 32.9. The van der Waals surface area contributed by atoms with Crippen LogP contribution in [0, 0.1) is 5.82 Å². The largest absolute Gasteiger partial charge is 0.310 e. The van der Waals surface area contributed by atoms with E-state index in [9.17, 15) is 4.39 Å². The fourth-order valence-corrected chi connectivity index (χ4v) is 10.8. The molecular formula is C56H36FN. The molecule has 272 valence electrons. The molecule has 0 aliphatic heterocycles. The van der Waals surface area contributed by atoms with Crippen LogP contribution in [0.15, 0.2) is 218 Å². The first-order valence-electron chi connectivity index (χ1n) is 20.0. The molecular weight excluding hydrogens is 706 g/mol. The van der Waals surface area contributed by atoms with Crippen molar-refractivity contribution >= 4 is 17.1 Å². The average Bonchev–Trinajstić information content (AvgIpc) is 3.76. The van der Waals surface area contributed by atoms with Crippen molar-refractivity contribution in [3.05, 3.63) is 269 Å². The van der Waals surface area contributed by atoms with Crippen molar-refractivity contribution in [2.24, 2.45) is 0 Å². The Morgan fingerprint density at radius 3 is 1.47 bits per heavy atom. The molecule has 9 aromatic rings. The van der Waals surface area contributed by atoms with Gasteiger partial charge in [0.2, 0.25) is 0 Å². The fourth-order valence-electron chi connectivity index (χ4n) is 10.8. The van der Waals surface area contributed by atoms with Gasteiger partial charge in [-0.25, -0.2) is 4.39 Å². The number of nitrogens with zero attached hydrogens (tertiary/aromatic N) is 1. The summed E-state index contributed by atoms with van der Waals surface area (Å²) in [4.78, 5) is 2.26. The molecule has 58 heavy (non-hydrogen) atoms. The van der Waals surface area contributed by atoms with E-state index in [0.717, 1.165) is 22.6 Å². The summed E-state index contributed by atoms with van der Waals surface area (Å²) in [6.45, 7) is 0. The van der Waals surface area contributed by atoms with Crippen molar-refractivity contribution in [2.45, 2.75) is 10.8 Å². The molecule has 0 saturated heterocycles. The zero-order valence-corrected chi connectivity index (χ0v) is 31.6. The first-order chi connectivity index (χ1) is 28.7. The highest BCUT2D eigenvalue weighted by atomic mass is 19.1. The van der Waals surface area contributed by atoms with Crippen LogP contribution in [0.25, 0.3) is 33.4 Å². The van der Waals surface area contributed by atoms with Gasteiger partial charge in [0.05, 0.1) is 10.8 Å². The SMILES string of the molecule is Fc1ccc(N(c2ccc(-c3ccccc3)cc2)c2ccc3c(c2)C2(c4ccccc4-3)c3ccccc3C3(c4ccccc4)c4ccccc4-c4cccc2c43)cc1. The van der Waals surface area contributed by atoms with E-state index in [1.807, 2.05) is 18.2 Å². The summed E-state index contributed by atoms with van der Waals surface area (Å²) in [6, 6.07) is 78.4. The number of hydrogen-bond donors (Lipinski definition) is 0. The van der Waals surface area contributed by atoms with Crippen molar-refractivity contribution in [1.29, 1.82) is 0 Å². The topological polar surface area (TPSA) is 3.24 Å². The molecule has 0 bridgehead atoms. The summed E-state index contributed by atoms with van der Waals surface area (Å²) in [5.74, 6) is -0.258. The van der Waals surface area contributed by atoms with Gasteiger partial charge in [-0.3, -0.25) is 0 Å². The van der Waals surface area contributed by atoms with Crippen LogP contribution in [0.5, 0.6) is 0 Å². The van der Waals surface area contributed by atoms with Crippen molar-refractivity contribution in [3.8, 4) is 33.4 Å². The maximum absolute atomic E-state index is 14.6. The van der Waals surface area contributed by atoms with E-state index < -0.39 is 10.8 Å². The van der Waals surface area contributed by atoms with Gasteiger partial charge in [0.1, 0.15) is 5.82 Å². The number of hydrogen-bond acceptors (Lipinski definition) is 1. The molecule has 2 atom stereocenters. The van der Waals surface area contributed by atoms with Crippen LogP contribution < -0.4 is 4.90 Å². The Bertz CT molecular complexity index is 3060. The lowest BCUT2D eigenvalue weighted by atomic mass is 9.52. The molecule has 0 N–H and O–H groups in total. The van der Waals surface area contributed by atoms with E-state index in [0.29, 0.717) is 0 Å². The molecule has 12 rings (SSSR count). The smallest absolute Gasteiger partial charge is 0.123 e. The number of anilines is 3. The van der Waals surface area contributed by atoms with E-state index in [1.165, 1.54) is 72.3 Å². The molecule has 0 fully saturated rings. The highest BCUT2D eigenvalue weighted by Crippen LogP contribution is 2.68. The van der Waals surface area contributed by atoms with E-state index >= 15 is 0 Å². The molecule has 3 aliphatic carbocycles. The molecule has 2 heteroatoms. The first-order valence-corrected chi connectivity index (χ1v) is 20.0. The molecule has 0 radical (unpaired) electrons. The van der Waals surface area contributed by atoms with Crippen LogP contribution >= 0.6 is 0 Å². The normalized spacial score (nSPS) is 17.5. The number of rotatable bonds is 5. The van der Waals surface area contributed by atoms with E-state index in [-0.39, 0.29) is 5.82 Å². The van der Waals surface area contributed by atoms with Crippen molar-refractivity contribution in [3.63, 3.8) is 0 Å². The third kappa shape index (κ3) is 4.29. The van der Waals surface area contributed by atoms with Gasteiger partial charge >= 0.3 is 0 Å². The quantitative estimate of drug-likeness (QED) is 0.170. The lowest BCUT2D eigenvalue weighted by Crippen LogP contribution is -2.43. The Morgan fingerprint density at radius 2 is 0.776 bits per heavy atom. The maximum Gasteiger partial charge on any atom is 0.123 e. The molecule has 0 aromatic heterocycles. The van der Waals surface area contributed by atoms with Crippen LogP contribution in [0.4, 0.5) is 21.5 Å². The maximum atomic E-state index is 14.6. The van der Waals surface area contributed by atoms with Crippen LogP contribution in [0.1, 0.15) is 44.5 Å². The van der Waals surface area contributed by atoms with Crippen molar-refractivity contribution in [2.75, 3.05) is 4.90 Å². The van der Waals surface area contributed by atoms with Gasteiger partial charge in [-0.05, 0) is 126 Å². The minimum Gasteiger partial charge on any atom is -0.310 e. The van der Waals surface area contributed by atoms with Crippen LogP contribution in [0.3, 0.4) is 0 Å². The average molecular weight is 742 g/mol. The predicted molar refractivity (Wildman–Crippen MR) is 235 cm³/mol. The minimum atomic E-state index is -0.615. The molecule has 9 aromatic carbocycles. The molecule has 1 nitrogen and oxygen atoms in total. The van der Waals surface area contributed by atoms with Gasteiger partial charge in [0.15, 0.2) is 0 Å². The second-order valence-corrected chi connectivity index (χ2v) is 15.7. The fraction of sp³-hybridized carbons (Fsp3) is 0.0357. The molecule has 2 unspecified atom stereocenters. The Hall–Kier alpha value is -7.29. The summed E-state index contributed by atoms with van der Waals surface area (Å²) in [5, 5.41) is 0. The Labute approximate surface area is 338 Å². The Kier molecular flexibility index (Phi) is 7.01. The van der Waals surface area contributed by atoms with Crippen molar-refractivity contribution < 1.29 is 4.39 Å². The van der Waals surface area contributed by atoms with E-state index in [1.54, 1.807) is 12.1 Å². The third-order valence-corrected chi connectivity index (χ3v) is 13.0. The zero-order chi connectivity index (χ0) is 38.4. The van der Waals surface area contributed by atoms with Gasteiger partial charge < -0.3 is 4.90 Å². The van der Waals surface area contributed by atoms with E-state index in [2.05, 4.69) is 193 Å². The molecule has 0 saturated carbocycles. The van der Waals surface area contributed by atoms with Crippen LogP contribution in [-0.2, 0) is 10.8 Å². The van der Waals surface area contributed by atoms with Gasteiger partial charge in [-0.1, -0.05) is 170 Å². The summed E-state index contributed by atoms with van der Waals surface area (Å²) < 4.78 is 14.6. The number of fused-ring (bicyclic) bond motifs is 12. The number of benzene rings is 9. The third-order valence-electron chi connectivity index (χ3n) is 13.0.